The highest BCUT2D eigenvalue weighted by molar-refractivity contribution is 5.56. The first-order valence-electron chi connectivity index (χ1n) is 9.51. The van der Waals surface area contributed by atoms with Crippen molar-refractivity contribution in [3.63, 3.8) is 0 Å². The predicted molar refractivity (Wildman–Crippen MR) is 73.1 cm³/mol. The number of hydrogen-bond acceptors (Lipinski definition) is 3. The van der Waals surface area contributed by atoms with Crippen molar-refractivity contribution in [1.82, 2.24) is 0 Å². The van der Waals surface area contributed by atoms with Crippen LogP contribution in [0, 0.1) is 0 Å². The summed E-state index contributed by atoms with van der Waals surface area (Å²) in [7, 11) is 0. The van der Waals surface area contributed by atoms with Crippen LogP contribution in [-0.2, 0) is 9.47 Å². The van der Waals surface area contributed by atoms with Crippen molar-refractivity contribution >= 4 is 0 Å². The molecule has 0 radical (unpaired) electrons. The summed E-state index contributed by atoms with van der Waals surface area (Å²) in [5, 5.41) is 7.63. The molecule has 0 unspecified atom stereocenters. The van der Waals surface area contributed by atoms with Gasteiger partial charge in [0, 0.05) is 0 Å². The van der Waals surface area contributed by atoms with E-state index in [1.807, 2.05) is 0 Å². The van der Waals surface area contributed by atoms with E-state index in [1.165, 1.54) is 9.47 Å². The van der Waals surface area contributed by atoms with Crippen molar-refractivity contribution in [2.45, 2.75) is 88.5 Å². The highest BCUT2D eigenvalue weighted by atomic mass is 19.4. The molecule has 28 heteroatoms. The number of ether oxygens (including phenoxy) is 2. The molecular formula is C15HF25O3. The Labute approximate surface area is 214 Å². The summed E-state index contributed by atoms with van der Waals surface area (Å²) in [6, 6.07) is 0. The number of alkyl halides is 25. The van der Waals surface area contributed by atoms with Crippen LogP contribution in [0.4, 0.5) is 110 Å². The van der Waals surface area contributed by atoms with Gasteiger partial charge >= 0.3 is 71.6 Å². The number of rotatable bonds is 6. The van der Waals surface area contributed by atoms with Crippen LogP contribution in [-0.4, -0.2) is 93.6 Å². The van der Waals surface area contributed by atoms with E-state index in [4.69, 9.17) is 5.11 Å². The molecule has 0 heterocycles. The van der Waals surface area contributed by atoms with E-state index in [9.17, 15) is 101 Å². The summed E-state index contributed by atoms with van der Waals surface area (Å²) in [6.07, 6.45) is -41.2. The maximum atomic E-state index is 15.5. The minimum atomic E-state index is -9.39. The molecule has 0 aliphatic heterocycles. The first kappa shape index (κ1) is 35.6. The van der Waals surface area contributed by atoms with Gasteiger partial charge in [0.25, 0.3) is 16.9 Å². The first-order valence-corrected chi connectivity index (χ1v) is 9.51. The van der Waals surface area contributed by atoms with Crippen LogP contribution >= 0.6 is 0 Å². The molecule has 0 amide bonds. The van der Waals surface area contributed by atoms with Gasteiger partial charge in [-0.2, -0.15) is 92.2 Å². The third-order valence-electron chi connectivity index (χ3n) is 6.92. The van der Waals surface area contributed by atoms with E-state index in [2.05, 4.69) is 0 Å². The molecule has 0 saturated heterocycles. The summed E-state index contributed by atoms with van der Waals surface area (Å²) in [5.41, 5.74) is -45.4. The van der Waals surface area contributed by atoms with Crippen molar-refractivity contribution in [1.29, 1.82) is 0 Å². The molecule has 0 aromatic heterocycles. The van der Waals surface area contributed by atoms with E-state index in [0.717, 1.165) is 0 Å². The lowest BCUT2D eigenvalue weighted by Gasteiger charge is -2.76. The quantitative estimate of drug-likeness (QED) is 0.312. The van der Waals surface area contributed by atoms with Gasteiger partial charge in [-0.1, -0.05) is 0 Å². The van der Waals surface area contributed by atoms with Crippen molar-refractivity contribution in [3.05, 3.63) is 0 Å². The molecule has 4 fully saturated rings. The maximum absolute atomic E-state index is 15.5. The molecule has 0 spiro atoms. The minimum absolute atomic E-state index is 1.18. The molecule has 3 nitrogen and oxygen atoms in total. The van der Waals surface area contributed by atoms with Gasteiger partial charge in [0.15, 0.2) is 0 Å². The molecule has 4 aliphatic carbocycles. The van der Waals surface area contributed by atoms with Crippen LogP contribution in [0.5, 0.6) is 0 Å². The van der Waals surface area contributed by atoms with Crippen molar-refractivity contribution in [3.8, 4) is 0 Å². The molecule has 0 aromatic carbocycles. The molecule has 4 saturated carbocycles. The van der Waals surface area contributed by atoms with E-state index in [1.54, 1.807) is 0 Å². The zero-order chi connectivity index (χ0) is 34.9. The Hall–Kier alpha value is -1.87. The standard InChI is InChI=1S/C15HF25O3/c16-1-5(11(30,31)32,42-14(37,38)15(39,40)43-13(35,36)12(33,34)41)2(17)8(24,25)3(18,6(1,20)21)10(28,29)4(19,7(1,22)23)9(2,26)27/h41H. The van der Waals surface area contributed by atoms with Crippen molar-refractivity contribution < 1.29 is 124 Å². The Morgan fingerprint density at radius 3 is 0.860 bits per heavy atom. The Morgan fingerprint density at radius 2 is 0.628 bits per heavy atom. The van der Waals surface area contributed by atoms with Gasteiger partial charge in [0.05, 0.1) is 0 Å². The van der Waals surface area contributed by atoms with E-state index in [-0.39, 0.29) is 0 Å². The monoisotopic (exact) mass is 704 g/mol. The second-order valence-electron chi connectivity index (χ2n) is 8.98. The largest absolute Gasteiger partial charge is 0.453 e. The minimum Gasteiger partial charge on any atom is -0.329 e. The Kier molecular flexibility index (Phi) is 6.26. The van der Waals surface area contributed by atoms with Crippen molar-refractivity contribution in [2.24, 2.45) is 0 Å². The lowest BCUT2D eigenvalue weighted by Crippen LogP contribution is -3.11. The number of hydrogen-bond donors (Lipinski definition) is 1. The van der Waals surface area contributed by atoms with Crippen LogP contribution in [0.25, 0.3) is 0 Å². The van der Waals surface area contributed by atoms with Gasteiger partial charge in [-0.3, -0.25) is 4.74 Å². The van der Waals surface area contributed by atoms with Gasteiger partial charge in [0.1, 0.15) is 0 Å². The smallest absolute Gasteiger partial charge is 0.329 e. The SMILES string of the molecule is OC(F)(F)C(F)(F)OC(F)(F)C(F)(F)OC1(C(F)(F)F)C2(F)C(F)(F)C3(F)C(F)(F)C(F)(C2(F)F)C(F)(F)C1(F)C3(F)F. The lowest BCUT2D eigenvalue weighted by atomic mass is 9.37. The van der Waals surface area contributed by atoms with Crippen LogP contribution in [0.3, 0.4) is 0 Å². The Morgan fingerprint density at radius 1 is 0.372 bits per heavy atom. The normalized spacial score (nSPS) is 41.4. The molecule has 0 atom stereocenters. The fraction of sp³-hybridized carbons (Fsp3) is 1.00. The molecule has 43 heavy (non-hydrogen) atoms. The third-order valence-corrected chi connectivity index (χ3v) is 6.92. The second kappa shape index (κ2) is 7.56. The van der Waals surface area contributed by atoms with E-state index in [0.29, 0.717) is 0 Å². The Balaban J connectivity index is 2.61. The van der Waals surface area contributed by atoms with Gasteiger partial charge in [-0.05, 0) is 0 Å². The summed E-state index contributed by atoms with van der Waals surface area (Å²) in [5.74, 6) is -44.9. The van der Waals surface area contributed by atoms with E-state index < -0.39 is 88.5 Å². The zero-order valence-corrected chi connectivity index (χ0v) is 18.2. The average Bonchev–Trinajstić information content (AvgIpc) is 2.74. The van der Waals surface area contributed by atoms with Gasteiger partial charge in [-0.25, -0.2) is 22.3 Å². The highest BCUT2D eigenvalue weighted by Crippen LogP contribution is 2.90. The number of halogens is 25. The second-order valence-corrected chi connectivity index (χ2v) is 8.98. The molecule has 1 N–H and O–H groups in total. The topological polar surface area (TPSA) is 38.7 Å². The fourth-order valence-corrected chi connectivity index (χ4v) is 5.01. The molecule has 4 bridgehead atoms. The maximum Gasteiger partial charge on any atom is 0.453 e. The van der Waals surface area contributed by atoms with Gasteiger partial charge in [-0.15, -0.1) is 0 Å². The molecule has 4 rings (SSSR count). The third kappa shape index (κ3) is 2.77. The predicted octanol–water partition coefficient (Wildman–Crippen LogP) is 6.73. The molecule has 4 aliphatic rings. The van der Waals surface area contributed by atoms with Crippen LogP contribution in [0.1, 0.15) is 0 Å². The summed E-state index contributed by atoms with van der Waals surface area (Å²) < 4.78 is 356. The molecule has 254 valence electrons. The lowest BCUT2D eigenvalue weighted by molar-refractivity contribution is -0.639. The highest BCUT2D eigenvalue weighted by Gasteiger charge is 3.25. The van der Waals surface area contributed by atoms with Crippen LogP contribution < -0.4 is 0 Å². The number of aliphatic hydroxyl groups is 1. The van der Waals surface area contributed by atoms with E-state index >= 15 is 8.78 Å². The zero-order valence-electron chi connectivity index (χ0n) is 18.2. The summed E-state index contributed by atoms with van der Waals surface area (Å²) in [4.78, 5) is 0. The molecule has 0 aromatic rings. The Bertz CT molecular complexity index is 1110. The van der Waals surface area contributed by atoms with Gasteiger partial charge < -0.3 is 5.11 Å². The van der Waals surface area contributed by atoms with Gasteiger partial charge in [0.2, 0.25) is 0 Å². The fourth-order valence-electron chi connectivity index (χ4n) is 5.01. The summed E-state index contributed by atoms with van der Waals surface area (Å²) >= 11 is 0. The van der Waals surface area contributed by atoms with Crippen LogP contribution in [0.2, 0.25) is 0 Å². The summed E-state index contributed by atoms with van der Waals surface area (Å²) in [6.45, 7) is 0. The first-order chi connectivity index (χ1) is 18.2. The van der Waals surface area contributed by atoms with Crippen molar-refractivity contribution in [2.75, 3.05) is 0 Å². The van der Waals surface area contributed by atoms with Crippen LogP contribution in [0.15, 0.2) is 0 Å². The average molecular weight is 704 g/mol. The molecular weight excluding hydrogens is 703 g/mol.